The molecule has 1 amide bonds. The lowest BCUT2D eigenvalue weighted by atomic mass is 10.1. The normalized spacial score (nSPS) is 11.0. The molecule has 7 nitrogen and oxygen atoms in total. The minimum absolute atomic E-state index is 0.165. The lowest BCUT2D eigenvalue weighted by molar-refractivity contribution is -0.113. The number of thioether (sulfide) groups is 1. The van der Waals surface area contributed by atoms with Crippen LogP contribution in [0.4, 0.5) is 5.69 Å². The summed E-state index contributed by atoms with van der Waals surface area (Å²) < 4.78 is 6.96. The Labute approximate surface area is 170 Å². The van der Waals surface area contributed by atoms with Crippen LogP contribution in [0.2, 0.25) is 0 Å². The summed E-state index contributed by atoms with van der Waals surface area (Å²) in [5.74, 6) is 0.0206. The van der Waals surface area contributed by atoms with E-state index in [0.717, 1.165) is 11.1 Å². The molecule has 29 heavy (non-hydrogen) atoms. The van der Waals surface area contributed by atoms with E-state index in [1.165, 1.54) is 29.0 Å². The highest BCUT2D eigenvalue weighted by molar-refractivity contribution is 7.99. The number of benzene rings is 2. The van der Waals surface area contributed by atoms with E-state index in [1.54, 1.807) is 30.6 Å². The molecule has 4 rings (SSSR count). The van der Waals surface area contributed by atoms with Crippen LogP contribution in [0.15, 0.2) is 69.2 Å². The molecule has 4 aromatic rings. The predicted octanol–water partition coefficient (Wildman–Crippen LogP) is 3.72. The van der Waals surface area contributed by atoms with Crippen LogP contribution in [0.25, 0.3) is 16.7 Å². The van der Waals surface area contributed by atoms with Gasteiger partial charge in [0.15, 0.2) is 5.16 Å². The first kappa shape index (κ1) is 18.9. The fourth-order valence-corrected chi connectivity index (χ4v) is 3.58. The van der Waals surface area contributed by atoms with E-state index in [2.05, 4.69) is 35.4 Å². The number of anilines is 1. The lowest BCUT2D eigenvalue weighted by Gasteiger charge is -2.09. The third-order valence-corrected chi connectivity index (χ3v) is 5.46. The van der Waals surface area contributed by atoms with Gasteiger partial charge in [-0.1, -0.05) is 17.8 Å². The maximum Gasteiger partial charge on any atom is 0.336 e. The van der Waals surface area contributed by atoms with E-state index in [-0.39, 0.29) is 11.7 Å². The molecule has 0 aliphatic rings. The van der Waals surface area contributed by atoms with Crippen molar-refractivity contribution >= 4 is 34.3 Å². The molecule has 0 saturated heterocycles. The van der Waals surface area contributed by atoms with Gasteiger partial charge in [0.25, 0.3) is 0 Å². The quantitative estimate of drug-likeness (QED) is 0.401. The smallest absolute Gasteiger partial charge is 0.336 e. The monoisotopic (exact) mass is 406 g/mol. The Hall–Kier alpha value is -3.39. The third kappa shape index (κ3) is 4.22. The average molecular weight is 406 g/mol. The van der Waals surface area contributed by atoms with Gasteiger partial charge in [0, 0.05) is 22.8 Å². The highest BCUT2D eigenvalue weighted by Gasteiger charge is 2.11. The number of amides is 1. The van der Waals surface area contributed by atoms with Crippen molar-refractivity contribution in [2.24, 2.45) is 0 Å². The van der Waals surface area contributed by atoms with Crippen molar-refractivity contribution in [2.75, 3.05) is 11.1 Å². The number of carbonyl (C=O) groups excluding carboxylic acids is 1. The Balaban J connectivity index is 1.44. The fourth-order valence-electron chi connectivity index (χ4n) is 2.85. The van der Waals surface area contributed by atoms with Crippen molar-refractivity contribution in [2.45, 2.75) is 19.0 Å². The second-order valence-corrected chi connectivity index (χ2v) is 7.54. The molecule has 0 spiro atoms. The Morgan fingerprint density at radius 3 is 2.79 bits per heavy atom. The molecular weight excluding hydrogens is 388 g/mol. The van der Waals surface area contributed by atoms with Crippen molar-refractivity contribution in [3.05, 3.63) is 76.4 Å². The van der Waals surface area contributed by atoms with Crippen LogP contribution in [-0.2, 0) is 4.79 Å². The highest BCUT2D eigenvalue weighted by atomic mass is 32.2. The minimum atomic E-state index is -0.404. The number of aryl methyl sites for hydroxylation is 2. The molecule has 0 aliphatic heterocycles. The zero-order chi connectivity index (χ0) is 20.4. The molecule has 0 atom stereocenters. The van der Waals surface area contributed by atoms with Gasteiger partial charge in [0.2, 0.25) is 5.91 Å². The van der Waals surface area contributed by atoms with Crippen LogP contribution in [0.5, 0.6) is 0 Å². The molecule has 0 aliphatic carbocycles. The van der Waals surface area contributed by atoms with E-state index in [9.17, 15) is 9.59 Å². The van der Waals surface area contributed by atoms with Crippen LogP contribution >= 0.6 is 11.8 Å². The van der Waals surface area contributed by atoms with E-state index < -0.39 is 5.63 Å². The zero-order valence-corrected chi connectivity index (χ0v) is 16.7. The lowest BCUT2D eigenvalue weighted by Crippen LogP contribution is -2.14. The van der Waals surface area contributed by atoms with Gasteiger partial charge in [-0.25, -0.2) is 4.79 Å². The van der Waals surface area contributed by atoms with Crippen molar-refractivity contribution in [1.29, 1.82) is 0 Å². The van der Waals surface area contributed by atoms with Crippen LogP contribution in [0.3, 0.4) is 0 Å². The van der Waals surface area contributed by atoms with Gasteiger partial charge < -0.3 is 9.73 Å². The van der Waals surface area contributed by atoms with Crippen molar-refractivity contribution in [3.8, 4) is 5.69 Å². The molecule has 146 valence electrons. The van der Waals surface area contributed by atoms with E-state index >= 15 is 0 Å². The molecular formula is C21H18N4O3S. The summed E-state index contributed by atoms with van der Waals surface area (Å²) >= 11 is 1.31. The first-order chi connectivity index (χ1) is 14.0. The van der Waals surface area contributed by atoms with E-state index in [0.29, 0.717) is 16.4 Å². The molecule has 0 radical (unpaired) electrons. The molecule has 2 heterocycles. The Bertz CT molecular complexity index is 1260. The van der Waals surface area contributed by atoms with Gasteiger partial charge in [-0.2, -0.15) is 0 Å². The first-order valence-electron chi connectivity index (χ1n) is 8.94. The van der Waals surface area contributed by atoms with Gasteiger partial charge in [0.1, 0.15) is 11.9 Å². The van der Waals surface area contributed by atoms with E-state index in [4.69, 9.17) is 4.42 Å². The Morgan fingerprint density at radius 2 is 1.97 bits per heavy atom. The number of aromatic nitrogens is 3. The predicted molar refractivity (Wildman–Crippen MR) is 113 cm³/mol. The van der Waals surface area contributed by atoms with Crippen LogP contribution in [0.1, 0.15) is 11.1 Å². The number of hydrogen-bond donors (Lipinski definition) is 1. The number of fused-ring (bicyclic) bond motifs is 1. The maximum atomic E-state index is 12.4. The Kier molecular flexibility index (Phi) is 5.18. The summed E-state index contributed by atoms with van der Waals surface area (Å²) in [7, 11) is 0. The maximum absolute atomic E-state index is 12.4. The number of carbonyl (C=O) groups is 1. The first-order valence-corrected chi connectivity index (χ1v) is 9.92. The molecule has 8 heteroatoms. The molecule has 2 aromatic carbocycles. The molecule has 0 bridgehead atoms. The number of rotatable bonds is 5. The number of hydrogen-bond acceptors (Lipinski definition) is 6. The average Bonchev–Trinajstić information content (AvgIpc) is 3.17. The van der Waals surface area contributed by atoms with Crippen molar-refractivity contribution in [3.63, 3.8) is 0 Å². The van der Waals surface area contributed by atoms with Gasteiger partial charge in [-0.15, -0.1) is 10.2 Å². The largest absolute Gasteiger partial charge is 0.423 e. The Morgan fingerprint density at radius 1 is 1.10 bits per heavy atom. The van der Waals surface area contributed by atoms with E-state index in [1.807, 2.05) is 16.7 Å². The van der Waals surface area contributed by atoms with Gasteiger partial charge in [-0.05, 0) is 61.4 Å². The number of nitrogens with one attached hydrogen (secondary N) is 1. The standard InChI is InChI=1S/C21H18N4O3S/c1-13-3-6-17(9-14(13)2)25-12-22-24-21(25)29-11-19(26)23-16-5-7-18-15(10-16)4-8-20(27)28-18/h3-10,12H,11H2,1-2H3,(H,23,26). The second-order valence-electron chi connectivity index (χ2n) is 6.60. The SMILES string of the molecule is Cc1ccc(-n2cnnc2SCC(=O)Nc2ccc3oc(=O)ccc3c2)cc1C. The van der Waals surface area contributed by atoms with Gasteiger partial charge in [-0.3, -0.25) is 9.36 Å². The summed E-state index contributed by atoms with van der Waals surface area (Å²) in [6.07, 6.45) is 1.64. The molecule has 1 N–H and O–H groups in total. The fraction of sp³-hybridized carbons (Fsp3) is 0.143. The zero-order valence-electron chi connectivity index (χ0n) is 15.9. The third-order valence-electron chi connectivity index (χ3n) is 4.52. The summed E-state index contributed by atoms with van der Waals surface area (Å²) in [5, 5.41) is 12.3. The summed E-state index contributed by atoms with van der Waals surface area (Å²) in [4.78, 5) is 23.6. The van der Waals surface area contributed by atoms with Crippen LogP contribution in [-0.4, -0.2) is 26.4 Å². The molecule has 0 fully saturated rings. The minimum Gasteiger partial charge on any atom is -0.423 e. The highest BCUT2D eigenvalue weighted by Crippen LogP contribution is 2.22. The van der Waals surface area contributed by atoms with Gasteiger partial charge >= 0.3 is 5.63 Å². The summed E-state index contributed by atoms with van der Waals surface area (Å²) in [5.41, 5.74) is 4.05. The number of nitrogens with zero attached hydrogens (tertiary/aromatic N) is 3. The molecule has 0 unspecified atom stereocenters. The topological polar surface area (TPSA) is 90.0 Å². The van der Waals surface area contributed by atoms with Crippen molar-refractivity contribution < 1.29 is 9.21 Å². The van der Waals surface area contributed by atoms with Crippen LogP contribution < -0.4 is 10.9 Å². The summed E-state index contributed by atoms with van der Waals surface area (Å²) in [6.45, 7) is 4.12. The molecule has 2 aromatic heterocycles. The molecule has 0 saturated carbocycles. The summed E-state index contributed by atoms with van der Waals surface area (Å²) in [6, 6.07) is 14.3. The second kappa shape index (κ2) is 7.92. The van der Waals surface area contributed by atoms with Gasteiger partial charge in [0.05, 0.1) is 5.75 Å². The van der Waals surface area contributed by atoms with Crippen molar-refractivity contribution in [1.82, 2.24) is 14.8 Å². The van der Waals surface area contributed by atoms with Crippen LogP contribution in [0, 0.1) is 13.8 Å².